The number of para-hydroxylation sites is 2. The maximum Gasteiger partial charge on any atom is 3.00 e. The van der Waals surface area contributed by atoms with Crippen molar-refractivity contribution in [2.75, 3.05) is 0 Å². The summed E-state index contributed by atoms with van der Waals surface area (Å²) in [6, 6.07) is 24.0. The quantitative estimate of drug-likeness (QED) is 0.352. The van der Waals surface area contributed by atoms with Crippen LogP contribution >= 0.6 is 0 Å². The number of hydrogen-bond donors (Lipinski definition) is 0. The second kappa shape index (κ2) is 14.3. The summed E-state index contributed by atoms with van der Waals surface area (Å²) in [5.74, 6) is 0. The Balaban J connectivity index is 0. The number of nitrogens with zero attached hydrogens (tertiary/aromatic N) is 3. The van der Waals surface area contributed by atoms with Gasteiger partial charge in [-0.05, 0) is 62.7 Å². The molecule has 0 fully saturated rings. The number of halogens is 3. The Kier molecular flexibility index (Phi) is 14.6. The van der Waals surface area contributed by atoms with E-state index < -0.39 is 0 Å². The van der Waals surface area contributed by atoms with E-state index in [2.05, 4.69) is 29.0 Å². The van der Waals surface area contributed by atoms with Crippen molar-refractivity contribution in [3.63, 3.8) is 0 Å². The average Bonchev–Trinajstić information content (AvgIpc) is 2.63. The van der Waals surface area contributed by atoms with Crippen molar-refractivity contribution in [1.29, 1.82) is 0 Å². The second-order valence-corrected chi connectivity index (χ2v) is 5.98. The molecule has 1 aromatic heterocycles. The fourth-order valence-corrected chi connectivity index (χ4v) is 2.54. The minimum Gasteiger partial charge on any atom is -1.00 e. The molecule has 0 radical (unpaired) electrons. The van der Waals surface area contributed by atoms with Gasteiger partial charge in [0, 0.05) is 0 Å². The molecule has 0 unspecified atom stereocenters. The number of pyridine rings is 1. The molecule has 0 saturated heterocycles. The van der Waals surface area contributed by atoms with Gasteiger partial charge in [-0.1, -0.05) is 36.4 Å². The van der Waals surface area contributed by atoms with Crippen LogP contribution in [0.3, 0.4) is 0 Å². The molecule has 0 amide bonds. The minimum absolute atomic E-state index is 0. The molecule has 7 heteroatoms. The molecule has 0 saturated carbocycles. The zero-order valence-corrected chi connectivity index (χ0v) is 19.5. The number of aromatic nitrogens is 1. The number of aliphatic imine (C=N–C) groups is 2. The predicted molar refractivity (Wildman–Crippen MR) is 106 cm³/mol. The summed E-state index contributed by atoms with van der Waals surface area (Å²) in [5, 5.41) is 0. The van der Waals surface area contributed by atoms with Gasteiger partial charge in [0.25, 0.3) is 0 Å². The molecule has 29 heavy (non-hydrogen) atoms. The van der Waals surface area contributed by atoms with Gasteiger partial charge in [0.2, 0.25) is 0 Å². The standard InChI is InChI=1S/C22H21N3.3ClH.Co/c1-16-14-21(17(2)23-19-10-6-4-7-11-19)25-22(15-16)18(3)24-20-12-8-5-9-13-20;;;;/h4-15H,1-3H3;3*1H;/q;;;;+3/p-3. The van der Waals surface area contributed by atoms with Crippen molar-refractivity contribution < 1.29 is 54.0 Å². The van der Waals surface area contributed by atoms with Crippen LogP contribution in [0.15, 0.2) is 82.8 Å². The van der Waals surface area contributed by atoms with Crippen LogP contribution in [0, 0.1) is 6.92 Å². The summed E-state index contributed by atoms with van der Waals surface area (Å²) >= 11 is 0. The molecule has 0 aliphatic carbocycles. The van der Waals surface area contributed by atoms with E-state index in [-0.39, 0.29) is 54.0 Å². The van der Waals surface area contributed by atoms with E-state index >= 15 is 0 Å². The van der Waals surface area contributed by atoms with Gasteiger partial charge in [-0.25, -0.2) is 4.98 Å². The van der Waals surface area contributed by atoms with Crippen molar-refractivity contribution in [3.8, 4) is 0 Å². The first-order chi connectivity index (χ1) is 12.1. The molecule has 3 aromatic rings. The molecule has 154 valence electrons. The van der Waals surface area contributed by atoms with Gasteiger partial charge in [0.1, 0.15) is 0 Å². The third kappa shape index (κ3) is 8.68. The Bertz CT molecular complexity index is 857. The van der Waals surface area contributed by atoms with E-state index in [0.29, 0.717) is 0 Å². The monoisotopic (exact) mass is 491 g/mol. The van der Waals surface area contributed by atoms with E-state index in [1.54, 1.807) is 0 Å². The average molecular weight is 493 g/mol. The first-order valence-corrected chi connectivity index (χ1v) is 8.32. The number of benzene rings is 2. The molecule has 2 aromatic carbocycles. The molecule has 0 bridgehead atoms. The van der Waals surface area contributed by atoms with Gasteiger partial charge in [0.15, 0.2) is 0 Å². The largest absolute Gasteiger partial charge is 3.00 e. The van der Waals surface area contributed by atoms with Crippen LogP contribution in [0.1, 0.15) is 30.8 Å². The molecule has 0 N–H and O–H groups in total. The second-order valence-electron chi connectivity index (χ2n) is 5.98. The zero-order chi connectivity index (χ0) is 17.6. The first kappa shape index (κ1) is 29.5. The summed E-state index contributed by atoms with van der Waals surface area (Å²) in [4.78, 5) is 14.1. The summed E-state index contributed by atoms with van der Waals surface area (Å²) in [5.41, 5.74) is 6.54. The maximum atomic E-state index is 4.76. The van der Waals surface area contributed by atoms with E-state index in [1.165, 1.54) is 0 Å². The summed E-state index contributed by atoms with van der Waals surface area (Å²) in [6.07, 6.45) is 0. The van der Waals surface area contributed by atoms with Crippen LogP contribution in [0.4, 0.5) is 11.4 Å². The summed E-state index contributed by atoms with van der Waals surface area (Å²) in [7, 11) is 0. The number of aryl methyl sites for hydroxylation is 1. The van der Waals surface area contributed by atoms with E-state index in [0.717, 1.165) is 39.7 Å². The molecule has 0 atom stereocenters. The van der Waals surface area contributed by atoms with Gasteiger partial charge in [-0.2, -0.15) is 0 Å². The Labute approximate surface area is 201 Å². The molecule has 0 spiro atoms. The normalized spacial score (nSPS) is 10.6. The molecular formula is C22H21Cl3CoN3. The number of rotatable bonds is 4. The van der Waals surface area contributed by atoms with E-state index in [1.807, 2.05) is 74.5 Å². The summed E-state index contributed by atoms with van der Waals surface area (Å²) in [6.45, 7) is 6.05. The van der Waals surface area contributed by atoms with Crippen molar-refractivity contribution in [2.45, 2.75) is 20.8 Å². The maximum absolute atomic E-state index is 4.76. The molecule has 1 heterocycles. The Morgan fingerprint density at radius 3 is 1.34 bits per heavy atom. The number of hydrogen-bond acceptors (Lipinski definition) is 3. The van der Waals surface area contributed by atoms with E-state index in [4.69, 9.17) is 4.98 Å². The fraction of sp³-hybridized carbons (Fsp3) is 0.136. The first-order valence-electron chi connectivity index (χ1n) is 8.32. The van der Waals surface area contributed by atoms with Gasteiger partial charge in [-0.15, -0.1) is 0 Å². The van der Waals surface area contributed by atoms with Crippen molar-refractivity contribution in [1.82, 2.24) is 4.98 Å². The van der Waals surface area contributed by atoms with Crippen LogP contribution < -0.4 is 37.2 Å². The van der Waals surface area contributed by atoms with Crippen LogP contribution in [-0.2, 0) is 16.8 Å². The molecular weight excluding hydrogens is 472 g/mol. The topological polar surface area (TPSA) is 37.6 Å². The Morgan fingerprint density at radius 1 is 0.655 bits per heavy atom. The van der Waals surface area contributed by atoms with Gasteiger partial charge >= 0.3 is 16.8 Å². The molecule has 0 aliphatic rings. The van der Waals surface area contributed by atoms with Crippen LogP contribution in [0.25, 0.3) is 0 Å². The van der Waals surface area contributed by atoms with Gasteiger partial charge in [-0.3, -0.25) is 9.98 Å². The Morgan fingerprint density at radius 2 is 1.00 bits per heavy atom. The van der Waals surface area contributed by atoms with Crippen molar-refractivity contribution in [3.05, 3.63) is 89.7 Å². The van der Waals surface area contributed by atoms with Crippen LogP contribution in [-0.4, -0.2) is 16.4 Å². The molecule has 3 nitrogen and oxygen atoms in total. The van der Waals surface area contributed by atoms with Crippen LogP contribution in [0.5, 0.6) is 0 Å². The minimum atomic E-state index is 0. The Hall–Kier alpha value is -1.69. The zero-order valence-electron chi connectivity index (χ0n) is 16.2. The van der Waals surface area contributed by atoms with Crippen LogP contribution in [0.2, 0.25) is 0 Å². The third-order valence-electron chi connectivity index (χ3n) is 3.82. The third-order valence-corrected chi connectivity index (χ3v) is 3.82. The van der Waals surface area contributed by atoms with Gasteiger partial charge < -0.3 is 37.2 Å². The fourth-order valence-electron chi connectivity index (χ4n) is 2.54. The van der Waals surface area contributed by atoms with E-state index in [9.17, 15) is 0 Å². The molecule has 3 rings (SSSR count). The molecule has 0 aliphatic heterocycles. The van der Waals surface area contributed by atoms with Gasteiger partial charge in [0.05, 0.1) is 34.2 Å². The van der Waals surface area contributed by atoms with Crippen molar-refractivity contribution >= 4 is 22.8 Å². The smallest absolute Gasteiger partial charge is 1.00 e. The summed E-state index contributed by atoms with van der Waals surface area (Å²) < 4.78 is 0. The van der Waals surface area contributed by atoms with Crippen molar-refractivity contribution in [2.24, 2.45) is 9.98 Å². The predicted octanol–water partition coefficient (Wildman–Crippen LogP) is -3.32. The SMILES string of the molecule is CC(=Nc1ccccc1)c1cc(C)cc(C(C)=Nc2ccccc2)n1.[Cl-].[Cl-].[Cl-].[Co+3].